The molecule has 0 amide bonds. The van der Waals surface area contributed by atoms with Crippen molar-refractivity contribution in [2.24, 2.45) is 5.92 Å². The van der Waals surface area contributed by atoms with Gasteiger partial charge in [0.2, 0.25) is 0 Å². The third-order valence-corrected chi connectivity index (χ3v) is 4.75. The average Bonchev–Trinajstić information content (AvgIpc) is 1.79. The number of sulfone groups is 1. The highest BCUT2D eigenvalue weighted by Gasteiger charge is 2.28. The molecule has 1 aliphatic rings. The number of halogens is 1. The van der Waals surface area contributed by atoms with Gasteiger partial charge in [-0.1, -0.05) is 0 Å². The van der Waals surface area contributed by atoms with Crippen molar-refractivity contribution in [3.05, 3.63) is 0 Å². The normalized spacial score (nSPS) is 28.5. The van der Waals surface area contributed by atoms with Crippen molar-refractivity contribution < 1.29 is 20.7 Å². The van der Waals surface area contributed by atoms with Gasteiger partial charge in [0.05, 0.1) is 17.3 Å². The molecule has 7 heteroatoms. The van der Waals surface area contributed by atoms with Crippen molar-refractivity contribution in [1.29, 1.82) is 0 Å². The zero-order valence-electron chi connectivity index (χ0n) is 6.94. The van der Waals surface area contributed by atoms with E-state index >= 15 is 0 Å². The first-order chi connectivity index (χ1) is 5.79. The lowest BCUT2D eigenvalue weighted by atomic mass is 10.1. The van der Waals surface area contributed by atoms with Crippen LogP contribution in [0.1, 0.15) is 12.8 Å². The highest BCUT2D eigenvalue weighted by atomic mass is 32.3. The molecule has 0 N–H and O–H groups in total. The van der Waals surface area contributed by atoms with Crippen LogP contribution in [0.3, 0.4) is 0 Å². The lowest BCUT2D eigenvalue weighted by molar-refractivity contribution is 0.494. The molecule has 1 heterocycles. The molecule has 78 valence electrons. The largest absolute Gasteiger partial charge is 0.302 e. The van der Waals surface area contributed by atoms with Crippen LogP contribution in [0.15, 0.2) is 0 Å². The van der Waals surface area contributed by atoms with E-state index in [4.69, 9.17) is 0 Å². The van der Waals surface area contributed by atoms with Gasteiger partial charge in [-0.15, -0.1) is 3.89 Å². The topological polar surface area (TPSA) is 68.3 Å². The van der Waals surface area contributed by atoms with Gasteiger partial charge in [-0.3, -0.25) is 0 Å². The van der Waals surface area contributed by atoms with E-state index in [1.807, 2.05) is 0 Å². The molecule has 0 aliphatic carbocycles. The zero-order valence-corrected chi connectivity index (χ0v) is 8.57. The minimum absolute atomic E-state index is 0.0931. The Hall–Kier alpha value is -0.170. The van der Waals surface area contributed by atoms with Gasteiger partial charge in [-0.05, 0) is 18.8 Å². The van der Waals surface area contributed by atoms with E-state index < -0.39 is 31.7 Å². The Morgan fingerprint density at radius 1 is 1.38 bits per heavy atom. The molecule has 1 atom stereocenters. The highest BCUT2D eigenvalue weighted by Crippen LogP contribution is 2.20. The van der Waals surface area contributed by atoms with Crippen molar-refractivity contribution in [2.45, 2.75) is 12.8 Å². The molecule has 0 aromatic rings. The predicted octanol–water partition coefficient (Wildman–Crippen LogP) is 0.111. The summed E-state index contributed by atoms with van der Waals surface area (Å²) in [5, 5.41) is 0. The summed E-state index contributed by atoms with van der Waals surface area (Å²) in [5.74, 6) is -1.33. The second-order valence-corrected chi connectivity index (χ2v) is 6.97. The lowest BCUT2D eigenvalue weighted by Crippen LogP contribution is -2.29. The third kappa shape index (κ3) is 4.04. The molecule has 0 aromatic heterocycles. The third-order valence-electron chi connectivity index (χ3n) is 1.99. The van der Waals surface area contributed by atoms with E-state index in [-0.39, 0.29) is 11.5 Å². The van der Waals surface area contributed by atoms with E-state index in [1.165, 1.54) is 0 Å². The van der Waals surface area contributed by atoms with Crippen LogP contribution < -0.4 is 0 Å². The molecule has 13 heavy (non-hydrogen) atoms. The monoisotopic (exact) mass is 230 g/mol. The van der Waals surface area contributed by atoms with Crippen molar-refractivity contribution in [1.82, 2.24) is 0 Å². The Kier molecular flexibility index (Phi) is 2.96. The molecule has 1 rings (SSSR count). The van der Waals surface area contributed by atoms with Gasteiger partial charge in [0.1, 0.15) is 0 Å². The van der Waals surface area contributed by atoms with Gasteiger partial charge in [0.15, 0.2) is 9.84 Å². The van der Waals surface area contributed by atoms with Crippen LogP contribution in [0.4, 0.5) is 3.89 Å². The van der Waals surface area contributed by atoms with E-state index in [0.29, 0.717) is 12.8 Å². The smallest absolute Gasteiger partial charge is 0.229 e. The minimum atomic E-state index is -4.54. The Morgan fingerprint density at radius 3 is 2.46 bits per heavy atom. The van der Waals surface area contributed by atoms with Crippen LogP contribution in [-0.4, -0.2) is 34.1 Å². The first-order valence-corrected chi connectivity index (χ1v) is 7.29. The van der Waals surface area contributed by atoms with Gasteiger partial charge < -0.3 is 0 Å². The summed E-state index contributed by atoms with van der Waals surface area (Å²) in [6.45, 7) is 0. The van der Waals surface area contributed by atoms with Crippen LogP contribution in [-0.2, 0) is 20.1 Å². The van der Waals surface area contributed by atoms with Crippen LogP contribution >= 0.6 is 0 Å². The zero-order chi connectivity index (χ0) is 10.1. The first-order valence-electron chi connectivity index (χ1n) is 3.91. The van der Waals surface area contributed by atoms with Gasteiger partial charge in [-0.2, -0.15) is 8.42 Å². The lowest BCUT2D eigenvalue weighted by Gasteiger charge is -2.19. The molecule has 4 nitrogen and oxygen atoms in total. The van der Waals surface area contributed by atoms with Crippen molar-refractivity contribution in [2.75, 3.05) is 17.3 Å². The van der Waals surface area contributed by atoms with E-state index in [1.54, 1.807) is 0 Å². The van der Waals surface area contributed by atoms with Gasteiger partial charge in [0.25, 0.3) is 0 Å². The van der Waals surface area contributed by atoms with Crippen molar-refractivity contribution in [3.63, 3.8) is 0 Å². The number of hydrogen-bond acceptors (Lipinski definition) is 4. The Labute approximate surface area is 77.3 Å². The number of rotatable bonds is 2. The summed E-state index contributed by atoms with van der Waals surface area (Å²) in [6.07, 6.45) is 0.908. The second kappa shape index (κ2) is 3.53. The molecule has 0 radical (unpaired) electrons. The fourth-order valence-corrected chi connectivity index (χ4v) is 4.30. The van der Waals surface area contributed by atoms with Crippen LogP contribution in [0, 0.1) is 5.92 Å². The molecule has 0 bridgehead atoms. The fourth-order valence-electron chi connectivity index (χ4n) is 1.53. The summed E-state index contributed by atoms with van der Waals surface area (Å²) >= 11 is 0. The van der Waals surface area contributed by atoms with Gasteiger partial charge in [0, 0.05) is 0 Å². The summed E-state index contributed by atoms with van der Waals surface area (Å²) in [7, 11) is -7.67. The van der Waals surface area contributed by atoms with E-state index in [9.17, 15) is 20.7 Å². The second-order valence-electron chi connectivity index (χ2n) is 3.33. The molecule has 0 saturated carbocycles. The molecular weight excluding hydrogens is 219 g/mol. The molecule has 0 spiro atoms. The molecule has 0 aromatic carbocycles. The van der Waals surface area contributed by atoms with Gasteiger partial charge >= 0.3 is 10.2 Å². The maximum absolute atomic E-state index is 12.2. The van der Waals surface area contributed by atoms with Crippen molar-refractivity contribution >= 4 is 20.1 Å². The van der Waals surface area contributed by atoms with Crippen LogP contribution in [0.25, 0.3) is 0 Å². The summed E-state index contributed by atoms with van der Waals surface area (Å²) in [6, 6.07) is 0. The Bertz CT molecular complexity index is 367. The Balaban J connectivity index is 2.64. The highest BCUT2D eigenvalue weighted by molar-refractivity contribution is 7.91. The van der Waals surface area contributed by atoms with Crippen molar-refractivity contribution in [3.8, 4) is 0 Å². The quantitative estimate of drug-likeness (QED) is 0.631. The van der Waals surface area contributed by atoms with Crippen LogP contribution in [0.5, 0.6) is 0 Å². The Morgan fingerprint density at radius 2 is 2.00 bits per heavy atom. The summed E-state index contributed by atoms with van der Waals surface area (Å²) in [5.41, 5.74) is 0. The molecular formula is C6H11FO4S2. The molecule has 1 saturated heterocycles. The predicted molar refractivity (Wildman–Crippen MR) is 46.3 cm³/mol. The van der Waals surface area contributed by atoms with E-state index in [0.717, 1.165) is 0 Å². The van der Waals surface area contributed by atoms with E-state index in [2.05, 4.69) is 0 Å². The summed E-state index contributed by atoms with van der Waals surface area (Å²) < 4.78 is 54.8. The minimum Gasteiger partial charge on any atom is -0.229 e. The molecule has 1 unspecified atom stereocenters. The maximum Gasteiger partial charge on any atom is 0.302 e. The fraction of sp³-hybridized carbons (Fsp3) is 1.00. The maximum atomic E-state index is 12.2. The first kappa shape index (κ1) is 10.9. The van der Waals surface area contributed by atoms with Gasteiger partial charge in [-0.25, -0.2) is 8.42 Å². The molecule has 1 aliphatic heterocycles. The standard InChI is InChI=1S/C6H11FO4S2/c7-13(10,11)5-6-2-1-3-12(8,9)4-6/h6H,1-5H2. The number of hydrogen-bond donors (Lipinski definition) is 0. The average molecular weight is 230 g/mol. The SMILES string of the molecule is O=S(=O)(F)CC1CCCS(=O)(=O)C1. The van der Waals surface area contributed by atoms with Crippen LogP contribution in [0.2, 0.25) is 0 Å². The molecule has 1 fully saturated rings. The summed E-state index contributed by atoms with van der Waals surface area (Å²) in [4.78, 5) is 0.